The van der Waals surface area contributed by atoms with Crippen LogP contribution in [0.25, 0.3) is 0 Å². The Balaban J connectivity index is 0.00000450. The summed E-state index contributed by atoms with van der Waals surface area (Å²) in [4.78, 5) is 16.4. The lowest BCUT2D eigenvalue weighted by Crippen LogP contribution is -2.38. The zero-order valence-electron chi connectivity index (χ0n) is 18.0. The molecule has 0 saturated carbocycles. The number of nitrogens with one attached hydrogen (secondary N) is 3. The Kier molecular flexibility index (Phi) is 11.7. The second-order valence-corrected chi connectivity index (χ2v) is 6.34. The molecule has 164 valence electrons. The molecule has 0 radical (unpaired) electrons. The van der Waals surface area contributed by atoms with Crippen molar-refractivity contribution in [2.45, 2.75) is 19.9 Å². The van der Waals surface area contributed by atoms with Crippen LogP contribution in [0.4, 0.5) is 0 Å². The standard InChI is InChI=1S/C22H30N4O3.HI/c1-5-24-22(26-15-17-9-10-19(28-3)20(14-17)29-4)25-12-11-16-7-6-8-18(13-16)21(27)23-2;/h6-10,13-14H,5,11-12,15H2,1-4H3,(H,23,27)(H2,24,25,26);1H. The van der Waals surface area contributed by atoms with Crippen molar-refractivity contribution < 1.29 is 14.3 Å². The molecule has 30 heavy (non-hydrogen) atoms. The van der Waals surface area contributed by atoms with Crippen molar-refractivity contribution in [1.29, 1.82) is 0 Å². The summed E-state index contributed by atoms with van der Waals surface area (Å²) in [5, 5.41) is 9.23. The highest BCUT2D eigenvalue weighted by molar-refractivity contribution is 14.0. The van der Waals surface area contributed by atoms with Gasteiger partial charge in [0.05, 0.1) is 20.8 Å². The smallest absolute Gasteiger partial charge is 0.251 e. The Morgan fingerprint density at radius 2 is 1.77 bits per heavy atom. The highest BCUT2D eigenvalue weighted by Gasteiger charge is 2.06. The molecule has 8 heteroatoms. The van der Waals surface area contributed by atoms with Crippen molar-refractivity contribution >= 4 is 35.8 Å². The minimum absolute atomic E-state index is 0. The molecular weight excluding hydrogens is 495 g/mol. The molecular formula is C22H31IN4O3. The van der Waals surface area contributed by atoms with Gasteiger partial charge in [-0.2, -0.15) is 0 Å². The highest BCUT2D eigenvalue weighted by Crippen LogP contribution is 2.27. The molecule has 0 aromatic heterocycles. The Morgan fingerprint density at radius 3 is 2.43 bits per heavy atom. The van der Waals surface area contributed by atoms with E-state index in [1.165, 1.54) is 0 Å². The molecule has 0 fully saturated rings. The van der Waals surface area contributed by atoms with Gasteiger partial charge in [-0.05, 0) is 48.7 Å². The van der Waals surface area contributed by atoms with Crippen LogP contribution in [0.2, 0.25) is 0 Å². The second kappa shape index (κ2) is 13.7. The summed E-state index contributed by atoms with van der Waals surface area (Å²) in [6.45, 7) is 4.02. The van der Waals surface area contributed by atoms with E-state index in [-0.39, 0.29) is 29.9 Å². The molecule has 2 aromatic rings. The molecule has 0 aliphatic carbocycles. The van der Waals surface area contributed by atoms with Gasteiger partial charge in [-0.15, -0.1) is 24.0 Å². The van der Waals surface area contributed by atoms with E-state index < -0.39 is 0 Å². The summed E-state index contributed by atoms with van der Waals surface area (Å²) in [5.74, 6) is 2.05. The summed E-state index contributed by atoms with van der Waals surface area (Å²) in [6, 6.07) is 13.4. The number of carbonyl (C=O) groups excluding carboxylic acids is 1. The van der Waals surface area contributed by atoms with Gasteiger partial charge in [0.15, 0.2) is 17.5 Å². The normalized spacial score (nSPS) is 10.6. The van der Waals surface area contributed by atoms with Crippen molar-refractivity contribution in [1.82, 2.24) is 16.0 Å². The molecule has 0 spiro atoms. The molecule has 0 saturated heterocycles. The first-order valence-electron chi connectivity index (χ1n) is 9.65. The van der Waals surface area contributed by atoms with Gasteiger partial charge >= 0.3 is 0 Å². The molecule has 1 amide bonds. The Labute approximate surface area is 195 Å². The molecule has 0 unspecified atom stereocenters. The lowest BCUT2D eigenvalue weighted by Gasteiger charge is -2.12. The highest BCUT2D eigenvalue weighted by atomic mass is 127. The van der Waals surface area contributed by atoms with Crippen LogP contribution in [0.1, 0.15) is 28.4 Å². The third-order valence-corrected chi connectivity index (χ3v) is 4.33. The van der Waals surface area contributed by atoms with Crippen molar-refractivity contribution in [2.75, 3.05) is 34.4 Å². The summed E-state index contributed by atoms with van der Waals surface area (Å²) >= 11 is 0. The van der Waals surface area contributed by atoms with Crippen LogP contribution < -0.4 is 25.4 Å². The van der Waals surface area contributed by atoms with Gasteiger partial charge in [-0.1, -0.05) is 18.2 Å². The Hall–Kier alpha value is -2.49. The maximum Gasteiger partial charge on any atom is 0.251 e. The molecule has 0 bridgehead atoms. The fourth-order valence-corrected chi connectivity index (χ4v) is 2.83. The van der Waals surface area contributed by atoms with Crippen LogP contribution in [0.15, 0.2) is 47.5 Å². The average Bonchev–Trinajstić information content (AvgIpc) is 2.76. The first-order chi connectivity index (χ1) is 14.1. The van der Waals surface area contributed by atoms with Gasteiger partial charge < -0.3 is 25.4 Å². The van der Waals surface area contributed by atoms with Crippen LogP contribution in [-0.4, -0.2) is 46.2 Å². The van der Waals surface area contributed by atoms with E-state index in [1.54, 1.807) is 21.3 Å². The first-order valence-corrected chi connectivity index (χ1v) is 9.65. The molecule has 0 aliphatic rings. The van der Waals surface area contributed by atoms with Crippen LogP contribution in [0.3, 0.4) is 0 Å². The molecule has 2 aromatic carbocycles. The molecule has 0 aliphatic heterocycles. The predicted octanol–water partition coefficient (Wildman–Crippen LogP) is 2.98. The third-order valence-electron chi connectivity index (χ3n) is 4.33. The van der Waals surface area contributed by atoms with Crippen LogP contribution in [0.5, 0.6) is 11.5 Å². The Bertz CT molecular complexity index is 843. The van der Waals surface area contributed by atoms with Gasteiger partial charge in [0.2, 0.25) is 0 Å². The number of benzene rings is 2. The molecule has 7 nitrogen and oxygen atoms in total. The van der Waals surface area contributed by atoms with Crippen molar-refractivity contribution in [2.24, 2.45) is 4.99 Å². The molecule has 0 atom stereocenters. The third kappa shape index (κ3) is 7.74. The monoisotopic (exact) mass is 526 g/mol. The number of halogens is 1. The zero-order valence-corrected chi connectivity index (χ0v) is 20.3. The number of ether oxygens (including phenoxy) is 2. The zero-order chi connectivity index (χ0) is 21.1. The SMILES string of the molecule is CCNC(=NCc1ccc(OC)c(OC)c1)NCCc1cccc(C(=O)NC)c1.I. The second-order valence-electron chi connectivity index (χ2n) is 6.34. The van der Waals surface area contributed by atoms with Gasteiger partial charge in [0.1, 0.15) is 0 Å². The summed E-state index contributed by atoms with van der Waals surface area (Å²) in [5.41, 5.74) is 2.78. The van der Waals surface area contributed by atoms with Crippen molar-refractivity contribution in [3.63, 3.8) is 0 Å². The summed E-state index contributed by atoms with van der Waals surface area (Å²) in [6.07, 6.45) is 0.783. The Morgan fingerprint density at radius 1 is 1.00 bits per heavy atom. The quantitative estimate of drug-likeness (QED) is 0.266. The number of hydrogen-bond donors (Lipinski definition) is 3. The largest absolute Gasteiger partial charge is 0.493 e. The molecule has 3 N–H and O–H groups in total. The number of hydrogen-bond acceptors (Lipinski definition) is 4. The number of carbonyl (C=O) groups is 1. The van der Waals surface area contributed by atoms with E-state index in [2.05, 4.69) is 20.9 Å². The van der Waals surface area contributed by atoms with E-state index >= 15 is 0 Å². The van der Waals surface area contributed by atoms with Gasteiger partial charge in [0.25, 0.3) is 5.91 Å². The minimum Gasteiger partial charge on any atom is -0.493 e. The number of rotatable bonds is 9. The van der Waals surface area contributed by atoms with Gasteiger partial charge in [0, 0.05) is 25.7 Å². The fraction of sp³-hybridized carbons (Fsp3) is 0.364. The first kappa shape index (κ1) is 25.5. The number of amides is 1. The summed E-state index contributed by atoms with van der Waals surface area (Å²) < 4.78 is 10.6. The lowest BCUT2D eigenvalue weighted by molar-refractivity contribution is 0.0963. The predicted molar refractivity (Wildman–Crippen MR) is 131 cm³/mol. The van der Waals surface area contributed by atoms with Gasteiger partial charge in [-0.3, -0.25) is 4.79 Å². The number of aliphatic imine (C=N–C) groups is 1. The van der Waals surface area contributed by atoms with Crippen LogP contribution in [-0.2, 0) is 13.0 Å². The molecule has 2 rings (SSSR count). The van der Waals surface area contributed by atoms with E-state index in [1.807, 2.05) is 49.4 Å². The number of nitrogens with zero attached hydrogens (tertiary/aromatic N) is 1. The van der Waals surface area contributed by atoms with E-state index in [9.17, 15) is 4.79 Å². The van der Waals surface area contributed by atoms with Crippen LogP contribution >= 0.6 is 24.0 Å². The van der Waals surface area contributed by atoms with Crippen molar-refractivity contribution in [3.8, 4) is 11.5 Å². The van der Waals surface area contributed by atoms with Gasteiger partial charge in [-0.25, -0.2) is 4.99 Å². The average molecular weight is 526 g/mol. The maximum absolute atomic E-state index is 11.8. The van der Waals surface area contributed by atoms with E-state index in [4.69, 9.17) is 9.47 Å². The lowest BCUT2D eigenvalue weighted by atomic mass is 10.1. The van der Waals surface area contributed by atoms with Crippen molar-refractivity contribution in [3.05, 3.63) is 59.2 Å². The summed E-state index contributed by atoms with van der Waals surface area (Å²) in [7, 11) is 4.87. The minimum atomic E-state index is -0.0790. The number of methoxy groups -OCH3 is 2. The topological polar surface area (TPSA) is 84.0 Å². The van der Waals surface area contributed by atoms with E-state index in [0.29, 0.717) is 30.2 Å². The van der Waals surface area contributed by atoms with Crippen LogP contribution in [0, 0.1) is 0 Å². The maximum atomic E-state index is 11.8. The molecule has 0 heterocycles. The van der Waals surface area contributed by atoms with E-state index in [0.717, 1.165) is 30.1 Å². The number of guanidine groups is 1. The fourth-order valence-electron chi connectivity index (χ4n) is 2.83.